The van der Waals surface area contributed by atoms with Gasteiger partial charge in [-0.2, -0.15) is 4.31 Å². The zero-order valence-corrected chi connectivity index (χ0v) is 19.9. The second-order valence-electron chi connectivity index (χ2n) is 7.67. The van der Waals surface area contributed by atoms with Gasteiger partial charge in [0.2, 0.25) is 10.0 Å². The maximum atomic E-state index is 13.0. The fourth-order valence-corrected chi connectivity index (χ4v) is 6.04. The van der Waals surface area contributed by atoms with Crippen LogP contribution in [0.1, 0.15) is 11.3 Å². The van der Waals surface area contributed by atoms with Crippen LogP contribution in [-0.2, 0) is 27.1 Å². The molecule has 1 aliphatic rings. The minimum atomic E-state index is -3.55. The molecule has 34 heavy (non-hydrogen) atoms. The quantitative estimate of drug-likeness (QED) is 0.342. The Morgan fingerprint density at radius 1 is 1.03 bits per heavy atom. The molecular weight excluding hydrogens is 474 g/mol. The van der Waals surface area contributed by atoms with Gasteiger partial charge >= 0.3 is 0 Å². The zero-order valence-electron chi connectivity index (χ0n) is 18.3. The zero-order chi connectivity index (χ0) is 23.4. The van der Waals surface area contributed by atoms with Crippen LogP contribution >= 0.6 is 11.8 Å². The van der Waals surface area contributed by atoms with Crippen molar-refractivity contribution in [2.24, 2.45) is 0 Å². The second-order valence-corrected chi connectivity index (χ2v) is 10.5. The molecule has 11 heteroatoms. The summed E-state index contributed by atoms with van der Waals surface area (Å²) in [5.41, 5.74) is 1.74. The van der Waals surface area contributed by atoms with Gasteiger partial charge in [-0.3, -0.25) is 9.55 Å². The molecule has 0 N–H and O–H groups in total. The van der Waals surface area contributed by atoms with E-state index in [1.54, 1.807) is 36.9 Å². The van der Waals surface area contributed by atoms with Crippen LogP contribution in [0.4, 0.5) is 0 Å². The van der Waals surface area contributed by atoms with Gasteiger partial charge in [-0.15, -0.1) is 10.2 Å². The first-order chi connectivity index (χ1) is 16.6. The number of rotatable bonds is 8. The van der Waals surface area contributed by atoms with Crippen LogP contribution in [0.25, 0.3) is 11.4 Å². The molecule has 4 heterocycles. The summed E-state index contributed by atoms with van der Waals surface area (Å²) in [4.78, 5) is 4.49. The molecule has 176 valence electrons. The Morgan fingerprint density at radius 2 is 1.91 bits per heavy atom. The number of sulfonamides is 1. The SMILES string of the molecule is O=S(=O)(c1cccc(CSc2nnc(-c3cccnc3)n2Cc2ccco2)c1)N1CCOCC1. The van der Waals surface area contributed by atoms with Crippen LogP contribution in [0.3, 0.4) is 0 Å². The number of furan rings is 1. The third-order valence-electron chi connectivity index (χ3n) is 5.40. The molecule has 0 saturated carbocycles. The van der Waals surface area contributed by atoms with E-state index in [0.29, 0.717) is 54.5 Å². The molecule has 0 bridgehead atoms. The molecule has 0 radical (unpaired) electrons. The smallest absolute Gasteiger partial charge is 0.243 e. The van der Waals surface area contributed by atoms with Crippen molar-refractivity contribution in [3.8, 4) is 11.4 Å². The molecule has 0 amide bonds. The standard InChI is InChI=1S/C23H23N5O4S2/c29-34(30,27-9-12-31-13-10-27)21-7-1-4-18(14-21)17-33-23-26-25-22(19-5-2-8-24-15-19)28(23)16-20-6-3-11-32-20/h1-8,11,14-15H,9-10,12-13,16-17H2. The number of thioether (sulfide) groups is 1. The monoisotopic (exact) mass is 497 g/mol. The summed E-state index contributed by atoms with van der Waals surface area (Å²) < 4.78 is 40.3. The molecule has 1 fully saturated rings. The molecule has 0 spiro atoms. The van der Waals surface area contributed by atoms with Crippen LogP contribution in [0.2, 0.25) is 0 Å². The first-order valence-corrected chi connectivity index (χ1v) is 13.2. The minimum absolute atomic E-state index is 0.292. The molecule has 1 aliphatic heterocycles. The van der Waals surface area contributed by atoms with Crippen molar-refractivity contribution in [1.29, 1.82) is 0 Å². The molecule has 0 aliphatic carbocycles. The highest BCUT2D eigenvalue weighted by Gasteiger charge is 2.26. The Bertz CT molecular complexity index is 1330. The van der Waals surface area contributed by atoms with Crippen molar-refractivity contribution in [3.05, 3.63) is 78.5 Å². The van der Waals surface area contributed by atoms with Crippen LogP contribution < -0.4 is 0 Å². The molecule has 4 aromatic rings. The lowest BCUT2D eigenvalue weighted by Gasteiger charge is -2.26. The van der Waals surface area contributed by atoms with Gasteiger partial charge in [0.15, 0.2) is 11.0 Å². The Labute approximate surface area is 201 Å². The molecule has 9 nitrogen and oxygen atoms in total. The van der Waals surface area contributed by atoms with E-state index in [0.717, 1.165) is 16.9 Å². The lowest BCUT2D eigenvalue weighted by molar-refractivity contribution is 0.0730. The maximum Gasteiger partial charge on any atom is 0.243 e. The largest absolute Gasteiger partial charge is 0.467 e. The first-order valence-electron chi connectivity index (χ1n) is 10.8. The van der Waals surface area contributed by atoms with Crippen molar-refractivity contribution in [2.75, 3.05) is 26.3 Å². The van der Waals surface area contributed by atoms with E-state index < -0.39 is 10.0 Å². The molecule has 5 rings (SSSR count). The lowest BCUT2D eigenvalue weighted by Crippen LogP contribution is -2.40. The van der Waals surface area contributed by atoms with Crippen molar-refractivity contribution in [3.63, 3.8) is 0 Å². The summed E-state index contributed by atoms with van der Waals surface area (Å²) in [5, 5.41) is 9.50. The Morgan fingerprint density at radius 3 is 2.68 bits per heavy atom. The van der Waals surface area contributed by atoms with Crippen LogP contribution in [-0.4, -0.2) is 58.8 Å². The molecule has 0 unspecified atom stereocenters. The molecule has 1 aromatic carbocycles. The predicted octanol–water partition coefficient (Wildman–Crippen LogP) is 3.29. The van der Waals surface area contributed by atoms with E-state index in [1.807, 2.05) is 34.9 Å². The number of pyridine rings is 1. The van der Waals surface area contributed by atoms with Crippen molar-refractivity contribution in [1.82, 2.24) is 24.1 Å². The highest BCUT2D eigenvalue weighted by Crippen LogP contribution is 2.28. The summed E-state index contributed by atoms with van der Waals surface area (Å²) in [6.45, 7) is 2.04. The Balaban J connectivity index is 1.38. The third kappa shape index (κ3) is 4.92. The van der Waals surface area contributed by atoms with Crippen molar-refractivity contribution >= 4 is 21.8 Å². The van der Waals surface area contributed by atoms with Gasteiger partial charge in [-0.25, -0.2) is 8.42 Å². The van der Waals surface area contributed by atoms with Gasteiger partial charge in [0, 0.05) is 36.8 Å². The third-order valence-corrected chi connectivity index (χ3v) is 8.34. The van der Waals surface area contributed by atoms with E-state index in [4.69, 9.17) is 9.15 Å². The van der Waals surface area contributed by atoms with Gasteiger partial charge in [0.25, 0.3) is 0 Å². The van der Waals surface area contributed by atoms with Gasteiger partial charge in [-0.1, -0.05) is 23.9 Å². The number of benzene rings is 1. The van der Waals surface area contributed by atoms with Crippen molar-refractivity contribution < 1.29 is 17.6 Å². The average molecular weight is 498 g/mol. The predicted molar refractivity (Wildman–Crippen MR) is 127 cm³/mol. The van der Waals surface area contributed by atoms with Gasteiger partial charge in [-0.05, 0) is 42.0 Å². The molecular formula is C23H23N5O4S2. The number of nitrogens with zero attached hydrogens (tertiary/aromatic N) is 5. The molecule has 1 saturated heterocycles. The average Bonchev–Trinajstić information content (AvgIpc) is 3.54. The maximum absolute atomic E-state index is 13.0. The summed E-state index contributed by atoms with van der Waals surface area (Å²) in [5.74, 6) is 2.01. The molecule has 0 atom stereocenters. The number of ether oxygens (including phenoxy) is 1. The van der Waals surface area contributed by atoms with Crippen LogP contribution in [0.5, 0.6) is 0 Å². The summed E-state index contributed by atoms with van der Waals surface area (Å²) >= 11 is 1.49. The highest BCUT2D eigenvalue weighted by atomic mass is 32.2. The highest BCUT2D eigenvalue weighted by molar-refractivity contribution is 7.98. The minimum Gasteiger partial charge on any atom is -0.467 e. The first kappa shape index (κ1) is 22.8. The van der Waals surface area contributed by atoms with Gasteiger partial charge < -0.3 is 9.15 Å². The van der Waals surface area contributed by atoms with E-state index in [2.05, 4.69) is 15.2 Å². The Kier molecular flexibility index (Phi) is 6.77. The van der Waals surface area contributed by atoms with Gasteiger partial charge in [0.05, 0.1) is 30.9 Å². The summed E-state index contributed by atoms with van der Waals surface area (Å²) in [6, 6.07) is 14.6. The number of hydrogen-bond donors (Lipinski definition) is 0. The normalized spacial score (nSPS) is 14.9. The van der Waals surface area contributed by atoms with Crippen molar-refractivity contribution in [2.45, 2.75) is 22.3 Å². The Hall–Kier alpha value is -2.99. The topological polar surface area (TPSA) is 103 Å². The van der Waals surface area contributed by atoms with Crippen LogP contribution in [0, 0.1) is 0 Å². The summed E-state index contributed by atoms with van der Waals surface area (Å²) in [7, 11) is -3.55. The number of morpholine rings is 1. The second kappa shape index (κ2) is 10.1. The fraction of sp³-hybridized carbons (Fsp3) is 0.261. The lowest BCUT2D eigenvalue weighted by atomic mass is 10.2. The number of aromatic nitrogens is 4. The van der Waals surface area contributed by atoms with E-state index in [9.17, 15) is 8.42 Å². The number of hydrogen-bond acceptors (Lipinski definition) is 8. The molecule has 3 aromatic heterocycles. The van der Waals surface area contributed by atoms with E-state index >= 15 is 0 Å². The van der Waals surface area contributed by atoms with E-state index in [-0.39, 0.29) is 0 Å². The van der Waals surface area contributed by atoms with E-state index in [1.165, 1.54) is 16.1 Å². The van der Waals surface area contributed by atoms with Gasteiger partial charge in [0.1, 0.15) is 5.76 Å². The summed E-state index contributed by atoms with van der Waals surface area (Å²) in [6.07, 6.45) is 5.10. The fourth-order valence-electron chi connectivity index (χ4n) is 3.68. The van der Waals surface area contributed by atoms with Crippen LogP contribution in [0.15, 0.2) is 81.7 Å².